The molecular formula is C11H12FN3O3S. The van der Waals surface area contributed by atoms with Crippen LogP contribution in [0.1, 0.15) is 11.5 Å². The molecule has 0 aliphatic rings. The van der Waals surface area contributed by atoms with E-state index in [1.54, 1.807) is 13.0 Å². The van der Waals surface area contributed by atoms with E-state index in [1.165, 1.54) is 6.07 Å². The predicted octanol–water partition coefficient (Wildman–Crippen LogP) is 1.18. The van der Waals surface area contributed by atoms with Crippen molar-refractivity contribution in [3.05, 3.63) is 41.5 Å². The Morgan fingerprint density at radius 3 is 2.74 bits per heavy atom. The minimum Gasteiger partial charge on any atom is -0.399 e. The first-order valence-corrected chi connectivity index (χ1v) is 6.84. The van der Waals surface area contributed by atoms with E-state index >= 15 is 0 Å². The summed E-state index contributed by atoms with van der Waals surface area (Å²) in [5.41, 5.74) is 5.93. The molecule has 0 fully saturated rings. The Hall–Kier alpha value is -1.93. The zero-order valence-electron chi connectivity index (χ0n) is 10.1. The van der Waals surface area contributed by atoms with Crippen molar-refractivity contribution < 1.29 is 17.3 Å². The number of benzene rings is 1. The van der Waals surface area contributed by atoms with Crippen LogP contribution < -0.4 is 10.5 Å². The molecule has 1 heterocycles. The molecule has 3 N–H and O–H groups in total. The lowest BCUT2D eigenvalue weighted by Gasteiger charge is -2.06. The van der Waals surface area contributed by atoms with E-state index in [1.807, 2.05) is 0 Å². The molecule has 1 aromatic heterocycles. The molecular weight excluding hydrogens is 273 g/mol. The van der Waals surface area contributed by atoms with E-state index < -0.39 is 20.7 Å². The monoisotopic (exact) mass is 285 g/mol. The zero-order valence-corrected chi connectivity index (χ0v) is 10.9. The highest BCUT2D eigenvalue weighted by molar-refractivity contribution is 7.89. The topological polar surface area (TPSA) is 98.2 Å². The first-order chi connectivity index (χ1) is 8.88. The van der Waals surface area contributed by atoms with Gasteiger partial charge in [-0.2, -0.15) is 0 Å². The summed E-state index contributed by atoms with van der Waals surface area (Å²) in [7, 11) is -3.96. The summed E-state index contributed by atoms with van der Waals surface area (Å²) in [6, 6.07) is 4.97. The van der Waals surface area contributed by atoms with Gasteiger partial charge in [0.2, 0.25) is 10.0 Å². The first-order valence-electron chi connectivity index (χ1n) is 5.35. The number of anilines is 1. The van der Waals surface area contributed by atoms with Crippen LogP contribution in [0.3, 0.4) is 0 Å². The third-order valence-corrected chi connectivity index (χ3v) is 3.80. The van der Waals surface area contributed by atoms with E-state index in [9.17, 15) is 12.8 Å². The van der Waals surface area contributed by atoms with Crippen LogP contribution in [0.5, 0.6) is 0 Å². The maximum atomic E-state index is 13.5. The summed E-state index contributed by atoms with van der Waals surface area (Å²) in [6.45, 7) is 1.61. The van der Waals surface area contributed by atoms with Crippen molar-refractivity contribution in [1.82, 2.24) is 9.88 Å². The van der Waals surface area contributed by atoms with Gasteiger partial charge in [0, 0.05) is 11.8 Å². The molecule has 1 aromatic carbocycles. The fourth-order valence-corrected chi connectivity index (χ4v) is 2.54. The Morgan fingerprint density at radius 1 is 1.42 bits per heavy atom. The molecule has 2 rings (SSSR count). The third kappa shape index (κ3) is 3.09. The van der Waals surface area contributed by atoms with Crippen LogP contribution in [0.25, 0.3) is 0 Å². The Labute approximate surface area is 109 Å². The lowest BCUT2D eigenvalue weighted by molar-refractivity contribution is 0.390. The van der Waals surface area contributed by atoms with Gasteiger partial charge in [0.05, 0.1) is 12.2 Å². The van der Waals surface area contributed by atoms with Gasteiger partial charge in [0.25, 0.3) is 0 Å². The molecule has 102 valence electrons. The highest BCUT2D eigenvalue weighted by atomic mass is 32.2. The number of aromatic nitrogens is 1. The normalized spacial score (nSPS) is 11.7. The molecule has 0 aliphatic heterocycles. The number of nitrogens with one attached hydrogen (secondary N) is 1. The Balaban J connectivity index is 2.18. The SMILES string of the molecule is Cc1cc(CNS(=O)(=O)c2ccc(N)cc2F)no1. The lowest BCUT2D eigenvalue weighted by atomic mass is 10.3. The highest BCUT2D eigenvalue weighted by Gasteiger charge is 2.19. The number of sulfonamides is 1. The van der Waals surface area contributed by atoms with Crippen LogP contribution in [0, 0.1) is 12.7 Å². The van der Waals surface area contributed by atoms with Gasteiger partial charge in [-0.25, -0.2) is 17.5 Å². The van der Waals surface area contributed by atoms with Gasteiger partial charge in [0.15, 0.2) is 0 Å². The number of nitrogens with zero attached hydrogens (tertiary/aromatic N) is 1. The molecule has 0 unspecified atom stereocenters. The summed E-state index contributed by atoms with van der Waals surface area (Å²) in [6.07, 6.45) is 0. The van der Waals surface area contributed by atoms with E-state index in [0.29, 0.717) is 11.5 Å². The molecule has 6 nitrogen and oxygen atoms in total. The standard InChI is InChI=1S/C11H12FN3O3S/c1-7-4-9(15-18-7)6-14-19(16,17)11-3-2-8(13)5-10(11)12/h2-5,14H,6,13H2,1H3. The average Bonchev–Trinajstić information content (AvgIpc) is 2.72. The lowest BCUT2D eigenvalue weighted by Crippen LogP contribution is -2.24. The van der Waals surface area contributed by atoms with Gasteiger partial charge in [-0.15, -0.1) is 0 Å². The number of hydrogen-bond donors (Lipinski definition) is 2. The minimum atomic E-state index is -3.96. The van der Waals surface area contributed by atoms with Gasteiger partial charge in [0.1, 0.15) is 16.5 Å². The molecule has 0 amide bonds. The van der Waals surface area contributed by atoms with Crippen LogP contribution in [-0.4, -0.2) is 13.6 Å². The maximum Gasteiger partial charge on any atom is 0.243 e. The van der Waals surface area contributed by atoms with Crippen molar-refractivity contribution in [1.29, 1.82) is 0 Å². The smallest absolute Gasteiger partial charge is 0.243 e. The van der Waals surface area contributed by atoms with E-state index in [0.717, 1.165) is 12.1 Å². The van der Waals surface area contributed by atoms with Crippen molar-refractivity contribution in [3.8, 4) is 0 Å². The molecule has 0 radical (unpaired) electrons. The fourth-order valence-electron chi connectivity index (χ4n) is 1.48. The van der Waals surface area contributed by atoms with E-state index in [4.69, 9.17) is 10.3 Å². The number of nitrogen functional groups attached to an aromatic ring is 1. The van der Waals surface area contributed by atoms with Crippen LogP contribution in [0.15, 0.2) is 33.7 Å². The van der Waals surface area contributed by atoms with Crippen LogP contribution >= 0.6 is 0 Å². The number of aryl methyl sites for hydroxylation is 1. The zero-order chi connectivity index (χ0) is 14.0. The van der Waals surface area contributed by atoms with Crippen LogP contribution in [-0.2, 0) is 16.6 Å². The van der Waals surface area contributed by atoms with Crippen LogP contribution in [0.4, 0.5) is 10.1 Å². The summed E-state index contributed by atoms with van der Waals surface area (Å²) in [5, 5.41) is 3.63. The second-order valence-electron chi connectivity index (χ2n) is 3.94. The van der Waals surface area contributed by atoms with Crippen LogP contribution in [0.2, 0.25) is 0 Å². The minimum absolute atomic E-state index is 0.0799. The van der Waals surface area contributed by atoms with Gasteiger partial charge in [-0.3, -0.25) is 0 Å². The van der Waals surface area contributed by atoms with Gasteiger partial charge in [-0.05, 0) is 25.1 Å². The van der Waals surface area contributed by atoms with Crippen molar-refractivity contribution >= 4 is 15.7 Å². The number of hydrogen-bond acceptors (Lipinski definition) is 5. The highest BCUT2D eigenvalue weighted by Crippen LogP contribution is 2.17. The van der Waals surface area contributed by atoms with E-state index in [2.05, 4.69) is 9.88 Å². The van der Waals surface area contributed by atoms with Crippen molar-refractivity contribution in [2.75, 3.05) is 5.73 Å². The molecule has 8 heteroatoms. The molecule has 0 saturated carbocycles. The third-order valence-electron chi connectivity index (χ3n) is 2.37. The number of nitrogens with two attached hydrogens (primary N) is 1. The van der Waals surface area contributed by atoms with Crippen molar-refractivity contribution in [2.45, 2.75) is 18.4 Å². The Bertz CT molecular complexity index is 697. The second-order valence-corrected chi connectivity index (χ2v) is 5.68. The van der Waals surface area contributed by atoms with E-state index in [-0.39, 0.29) is 12.2 Å². The molecule has 2 aromatic rings. The molecule has 19 heavy (non-hydrogen) atoms. The first kappa shape index (κ1) is 13.5. The Kier molecular flexibility index (Phi) is 3.54. The summed E-state index contributed by atoms with van der Waals surface area (Å²) in [5.74, 6) is -0.336. The summed E-state index contributed by atoms with van der Waals surface area (Å²) in [4.78, 5) is -0.457. The Morgan fingerprint density at radius 2 is 2.16 bits per heavy atom. The van der Waals surface area contributed by atoms with Gasteiger partial charge < -0.3 is 10.3 Å². The maximum absolute atomic E-state index is 13.5. The van der Waals surface area contributed by atoms with Gasteiger partial charge >= 0.3 is 0 Å². The van der Waals surface area contributed by atoms with Crippen molar-refractivity contribution in [2.24, 2.45) is 0 Å². The van der Waals surface area contributed by atoms with Gasteiger partial charge in [-0.1, -0.05) is 5.16 Å². The number of rotatable bonds is 4. The molecule has 0 atom stereocenters. The second kappa shape index (κ2) is 4.98. The molecule has 0 spiro atoms. The predicted molar refractivity (Wildman–Crippen MR) is 66.1 cm³/mol. The number of halogens is 1. The average molecular weight is 285 g/mol. The fraction of sp³-hybridized carbons (Fsp3) is 0.182. The molecule has 0 saturated heterocycles. The van der Waals surface area contributed by atoms with Crippen molar-refractivity contribution in [3.63, 3.8) is 0 Å². The quantitative estimate of drug-likeness (QED) is 0.822. The summed E-state index contributed by atoms with van der Waals surface area (Å²) >= 11 is 0. The molecule has 0 bridgehead atoms. The summed E-state index contributed by atoms with van der Waals surface area (Å²) < 4.78 is 44.4. The largest absolute Gasteiger partial charge is 0.399 e. The molecule has 0 aliphatic carbocycles.